The van der Waals surface area contributed by atoms with Crippen molar-refractivity contribution < 1.29 is 29.3 Å². The molecule has 3 N–H and O–H groups in total. The number of ketones is 1. The van der Waals surface area contributed by atoms with Gasteiger partial charge in [-0.05, 0) is 110 Å². The van der Waals surface area contributed by atoms with Gasteiger partial charge >= 0.3 is 0 Å². The maximum Gasteiger partial charge on any atom is 0.220 e. The molecule has 0 bridgehead atoms. The number of aliphatic hydroxyl groups excluding tert-OH is 2. The molecule has 1 unspecified atom stereocenters. The molecule has 0 aromatic carbocycles. The highest BCUT2D eigenvalue weighted by Crippen LogP contribution is 2.71. The van der Waals surface area contributed by atoms with Crippen molar-refractivity contribution in [3.05, 3.63) is 0 Å². The molecular formula is C35H61NO6. The molecule has 0 aromatic heterocycles. The number of ether oxygens (including phenoxy) is 2. The van der Waals surface area contributed by atoms with Crippen LogP contribution in [-0.4, -0.2) is 67.1 Å². The van der Waals surface area contributed by atoms with Crippen molar-refractivity contribution in [3.63, 3.8) is 0 Å². The van der Waals surface area contributed by atoms with E-state index in [1.54, 1.807) is 0 Å². The standard InChI is InChI=1S/C35H61NO6/c1-6-25(37)8-7-18-41-20-21-42-19-17-36-31(40)12-9-24(2)27-10-11-28-32-29(14-15-34(27,28)4)35(5)16-13-26(38)22-33(35,3)23-30(32)39/h24,26-30,32,38-39H,6-23H2,1-5H3,(H,36,40)/t24-,26-,27?,28+,29+,30-,32+,33+,34-,35-/m1/s1. The summed E-state index contributed by atoms with van der Waals surface area (Å²) >= 11 is 0. The van der Waals surface area contributed by atoms with Gasteiger partial charge in [0, 0.05) is 32.4 Å². The Hall–Kier alpha value is -1.02. The molecule has 4 aliphatic carbocycles. The van der Waals surface area contributed by atoms with Crippen molar-refractivity contribution in [3.8, 4) is 0 Å². The van der Waals surface area contributed by atoms with Crippen molar-refractivity contribution in [2.75, 3.05) is 33.0 Å². The van der Waals surface area contributed by atoms with Crippen LogP contribution in [0.5, 0.6) is 0 Å². The lowest BCUT2D eigenvalue weighted by molar-refractivity contribution is -0.210. The third-order valence-corrected chi connectivity index (χ3v) is 13.0. The molecule has 7 nitrogen and oxygen atoms in total. The zero-order valence-corrected chi connectivity index (χ0v) is 27.3. The largest absolute Gasteiger partial charge is 0.393 e. The van der Waals surface area contributed by atoms with Crippen molar-refractivity contribution in [1.29, 1.82) is 0 Å². The Bertz CT molecular complexity index is 912. The quantitative estimate of drug-likeness (QED) is 0.211. The smallest absolute Gasteiger partial charge is 0.220 e. The first-order chi connectivity index (χ1) is 19.9. The van der Waals surface area contributed by atoms with Gasteiger partial charge in [-0.2, -0.15) is 0 Å². The molecule has 4 aliphatic rings. The number of fused-ring (bicyclic) bond motifs is 5. The summed E-state index contributed by atoms with van der Waals surface area (Å²) in [5.74, 6) is 2.92. The minimum absolute atomic E-state index is 0.0209. The van der Waals surface area contributed by atoms with Crippen molar-refractivity contribution in [1.82, 2.24) is 5.32 Å². The van der Waals surface area contributed by atoms with Crippen LogP contribution in [0.3, 0.4) is 0 Å². The molecule has 4 fully saturated rings. The van der Waals surface area contributed by atoms with E-state index in [1.807, 2.05) is 6.92 Å². The van der Waals surface area contributed by atoms with E-state index in [2.05, 4.69) is 33.0 Å². The normalized spacial score (nSPS) is 40.1. The lowest BCUT2D eigenvalue weighted by atomic mass is 9.39. The van der Waals surface area contributed by atoms with E-state index in [4.69, 9.17) is 9.47 Å². The van der Waals surface area contributed by atoms with Gasteiger partial charge in [0.1, 0.15) is 5.78 Å². The second kappa shape index (κ2) is 14.4. The summed E-state index contributed by atoms with van der Waals surface area (Å²) in [6, 6.07) is 0. The highest BCUT2D eigenvalue weighted by atomic mass is 16.5. The van der Waals surface area contributed by atoms with Gasteiger partial charge in [0.2, 0.25) is 5.91 Å². The maximum absolute atomic E-state index is 12.6. The SMILES string of the molecule is CCC(=O)CCCOCCOCCNC(=O)CC[C@@H](C)C1CC[C@H]2[C@@H]3[C@H](O)C[C@]4(C)C[C@H](O)CC[C@]4(C)[C@H]3CC[C@]12C. The molecule has 242 valence electrons. The fraction of sp³-hybridized carbons (Fsp3) is 0.943. The van der Waals surface area contributed by atoms with Crippen LogP contribution in [0.1, 0.15) is 118 Å². The lowest BCUT2D eigenvalue weighted by Crippen LogP contribution is -2.62. The van der Waals surface area contributed by atoms with Gasteiger partial charge in [-0.25, -0.2) is 0 Å². The van der Waals surface area contributed by atoms with E-state index in [9.17, 15) is 19.8 Å². The number of Topliss-reactive ketones (excluding diaryl/α,β-unsaturated/α-hetero) is 1. The topological polar surface area (TPSA) is 105 Å². The second-order valence-corrected chi connectivity index (χ2v) is 15.3. The number of amides is 1. The van der Waals surface area contributed by atoms with Crippen molar-refractivity contribution in [2.45, 2.75) is 130 Å². The van der Waals surface area contributed by atoms with Crippen LogP contribution in [0.4, 0.5) is 0 Å². The van der Waals surface area contributed by atoms with E-state index in [-0.39, 0.29) is 40.1 Å². The van der Waals surface area contributed by atoms with E-state index < -0.39 is 0 Å². The Balaban J connectivity index is 1.18. The predicted molar refractivity (Wildman–Crippen MR) is 165 cm³/mol. The molecule has 1 amide bonds. The van der Waals surface area contributed by atoms with Gasteiger partial charge in [-0.3, -0.25) is 9.59 Å². The molecule has 10 atom stereocenters. The van der Waals surface area contributed by atoms with Crippen LogP contribution in [0.2, 0.25) is 0 Å². The third-order valence-electron chi connectivity index (χ3n) is 13.0. The van der Waals surface area contributed by atoms with Gasteiger partial charge in [0.15, 0.2) is 0 Å². The summed E-state index contributed by atoms with van der Waals surface area (Å²) in [5.41, 5.74) is 0.455. The van der Waals surface area contributed by atoms with Crippen LogP contribution >= 0.6 is 0 Å². The van der Waals surface area contributed by atoms with Gasteiger partial charge in [-0.1, -0.05) is 34.6 Å². The zero-order valence-electron chi connectivity index (χ0n) is 27.3. The summed E-state index contributed by atoms with van der Waals surface area (Å²) < 4.78 is 11.1. The summed E-state index contributed by atoms with van der Waals surface area (Å²) in [5, 5.41) is 25.1. The molecule has 0 spiro atoms. The van der Waals surface area contributed by atoms with Gasteiger partial charge in [0.05, 0.1) is 32.0 Å². The van der Waals surface area contributed by atoms with E-state index in [0.29, 0.717) is 81.8 Å². The zero-order chi connectivity index (χ0) is 30.5. The number of nitrogens with one attached hydrogen (secondary N) is 1. The van der Waals surface area contributed by atoms with Crippen molar-refractivity contribution >= 4 is 11.7 Å². The first-order valence-corrected chi connectivity index (χ1v) is 17.2. The number of hydrogen-bond acceptors (Lipinski definition) is 6. The first-order valence-electron chi connectivity index (χ1n) is 17.2. The minimum Gasteiger partial charge on any atom is -0.393 e. The fourth-order valence-corrected chi connectivity index (χ4v) is 10.4. The molecule has 0 heterocycles. The van der Waals surface area contributed by atoms with E-state index >= 15 is 0 Å². The summed E-state index contributed by atoms with van der Waals surface area (Å²) in [7, 11) is 0. The number of carbonyl (C=O) groups excluding carboxylic acids is 2. The minimum atomic E-state index is -0.270. The Labute approximate surface area is 255 Å². The Morgan fingerprint density at radius 3 is 2.38 bits per heavy atom. The third kappa shape index (κ3) is 7.10. The van der Waals surface area contributed by atoms with Gasteiger partial charge in [-0.15, -0.1) is 0 Å². The Morgan fingerprint density at radius 2 is 1.64 bits per heavy atom. The monoisotopic (exact) mass is 591 g/mol. The average Bonchev–Trinajstić information content (AvgIpc) is 3.30. The van der Waals surface area contributed by atoms with Crippen LogP contribution in [0.15, 0.2) is 0 Å². The number of carbonyl (C=O) groups is 2. The molecular weight excluding hydrogens is 530 g/mol. The predicted octanol–water partition coefficient (Wildman–Crippen LogP) is 5.69. The van der Waals surface area contributed by atoms with Crippen LogP contribution in [-0.2, 0) is 19.1 Å². The number of aliphatic hydroxyl groups is 2. The first kappa shape index (κ1) is 33.9. The molecule has 4 saturated carbocycles. The highest BCUT2D eigenvalue weighted by molar-refractivity contribution is 5.77. The average molecular weight is 592 g/mol. The van der Waals surface area contributed by atoms with E-state index in [0.717, 1.165) is 38.5 Å². The van der Waals surface area contributed by atoms with Gasteiger partial charge in [0.25, 0.3) is 0 Å². The molecule has 0 saturated heterocycles. The maximum atomic E-state index is 12.6. The molecule has 0 radical (unpaired) electrons. The van der Waals surface area contributed by atoms with E-state index in [1.165, 1.54) is 25.7 Å². The summed E-state index contributed by atoms with van der Waals surface area (Å²) in [6.45, 7) is 14.1. The Kier molecular flexibility index (Phi) is 11.6. The number of rotatable bonds is 15. The second-order valence-electron chi connectivity index (χ2n) is 15.3. The van der Waals surface area contributed by atoms with Crippen molar-refractivity contribution in [2.24, 2.45) is 45.8 Å². The van der Waals surface area contributed by atoms with Crippen LogP contribution in [0.25, 0.3) is 0 Å². The molecule has 0 aliphatic heterocycles. The summed E-state index contributed by atoms with van der Waals surface area (Å²) in [6.07, 6.45) is 11.3. The summed E-state index contributed by atoms with van der Waals surface area (Å²) in [4.78, 5) is 23.9. The molecule has 4 rings (SSSR count). The molecule has 0 aromatic rings. The van der Waals surface area contributed by atoms with Crippen LogP contribution in [0, 0.1) is 45.8 Å². The van der Waals surface area contributed by atoms with Crippen LogP contribution < -0.4 is 5.32 Å². The number of hydrogen-bond donors (Lipinski definition) is 3. The molecule has 7 heteroatoms. The van der Waals surface area contributed by atoms with Gasteiger partial charge < -0.3 is 25.0 Å². The lowest BCUT2D eigenvalue weighted by Gasteiger charge is -2.66. The Morgan fingerprint density at radius 1 is 0.905 bits per heavy atom. The fourth-order valence-electron chi connectivity index (χ4n) is 10.4. The molecule has 42 heavy (non-hydrogen) atoms. The highest BCUT2D eigenvalue weighted by Gasteiger charge is 2.65.